The molecule has 2 amide bonds. The molecule has 1 heterocycles. The van der Waals surface area contributed by atoms with Gasteiger partial charge < -0.3 is 15.8 Å². The van der Waals surface area contributed by atoms with E-state index < -0.39 is 0 Å². The van der Waals surface area contributed by atoms with Crippen molar-refractivity contribution in [1.29, 1.82) is 0 Å². The lowest BCUT2D eigenvalue weighted by atomic mass is 9.95. The molecule has 1 atom stereocenters. The van der Waals surface area contributed by atoms with Crippen molar-refractivity contribution >= 4 is 17.5 Å². The van der Waals surface area contributed by atoms with E-state index in [-0.39, 0.29) is 23.8 Å². The largest absolute Gasteiger partial charge is 0.495 e. The van der Waals surface area contributed by atoms with Crippen molar-refractivity contribution in [2.75, 3.05) is 25.5 Å². The molecule has 1 unspecified atom stereocenters. The normalized spacial score (nSPS) is 17.7. The highest BCUT2D eigenvalue weighted by molar-refractivity contribution is 5.95. The number of carbonyl (C=O) groups excluding carboxylic acids is 2. The molecule has 6 nitrogen and oxygen atoms in total. The number of ether oxygens (including phenoxy) is 1. The highest BCUT2D eigenvalue weighted by atomic mass is 16.5. The summed E-state index contributed by atoms with van der Waals surface area (Å²) >= 11 is 0. The maximum atomic E-state index is 12.4. The summed E-state index contributed by atoms with van der Waals surface area (Å²) in [7, 11) is 1.57. The van der Waals surface area contributed by atoms with Gasteiger partial charge in [-0.3, -0.25) is 14.5 Å². The average Bonchev–Trinajstić information content (AvgIpc) is 2.54. The van der Waals surface area contributed by atoms with Crippen LogP contribution in [0.15, 0.2) is 24.3 Å². The van der Waals surface area contributed by atoms with Gasteiger partial charge in [0.1, 0.15) is 5.75 Å². The number of hydrogen-bond donors (Lipinski definition) is 2. The number of hydrogen-bond acceptors (Lipinski definition) is 4. The van der Waals surface area contributed by atoms with Gasteiger partial charge in [0.2, 0.25) is 11.8 Å². The maximum Gasteiger partial charge on any atom is 0.241 e. The summed E-state index contributed by atoms with van der Waals surface area (Å²) in [6.07, 6.45) is 1.42. The molecule has 0 aliphatic carbocycles. The molecule has 1 aromatic carbocycles. The predicted molar refractivity (Wildman–Crippen MR) is 84.6 cm³/mol. The molecule has 2 rings (SSSR count). The van der Waals surface area contributed by atoms with E-state index in [0.29, 0.717) is 37.4 Å². The Morgan fingerprint density at radius 3 is 2.55 bits per heavy atom. The van der Waals surface area contributed by atoms with Crippen LogP contribution in [0, 0.1) is 5.92 Å². The molecule has 1 aliphatic heterocycles. The Balaban J connectivity index is 1.94. The minimum absolute atomic E-state index is 0.0688. The summed E-state index contributed by atoms with van der Waals surface area (Å²) in [5, 5.41) is 2.90. The van der Waals surface area contributed by atoms with Gasteiger partial charge in [0.25, 0.3) is 0 Å². The quantitative estimate of drug-likeness (QED) is 0.856. The second-order valence-corrected chi connectivity index (χ2v) is 5.58. The summed E-state index contributed by atoms with van der Waals surface area (Å²) in [4.78, 5) is 25.7. The topological polar surface area (TPSA) is 84.7 Å². The van der Waals surface area contributed by atoms with Gasteiger partial charge in [0, 0.05) is 5.92 Å². The van der Waals surface area contributed by atoms with Crippen molar-refractivity contribution in [3.8, 4) is 5.75 Å². The van der Waals surface area contributed by atoms with Crippen LogP contribution in [0.5, 0.6) is 5.75 Å². The molecular formula is C16H23N3O3. The molecule has 120 valence electrons. The molecule has 22 heavy (non-hydrogen) atoms. The van der Waals surface area contributed by atoms with E-state index in [1.54, 1.807) is 13.2 Å². The van der Waals surface area contributed by atoms with Crippen molar-refractivity contribution in [2.24, 2.45) is 11.7 Å². The number of nitrogens with zero attached hydrogens (tertiary/aromatic N) is 1. The second-order valence-electron chi connectivity index (χ2n) is 5.58. The van der Waals surface area contributed by atoms with Crippen LogP contribution in [0.3, 0.4) is 0 Å². The number of carbonyl (C=O) groups is 2. The van der Waals surface area contributed by atoms with Gasteiger partial charge >= 0.3 is 0 Å². The van der Waals surface area contributed by atoms with E-state index in [0.717, 1.165) is 0 Å². The fraction of sp³-hybridized carbons (Fsp3) is 0.500. The molecule has 3 N–H and O–H groups in total. The molecule has 0 saturated carbocycles. The number of para-hydroxylation sites is 2. The summed E-state index contributed by atoms with van der Waals surface area (Å²) in [6, 6.07) is 7.05. The molecule has 0 radical (unpaired) electrons. The Kier molecular flexibility index (Phi) is 5.38. The first kappa shape index (κ1) is 16.3. The zero-order chi connectivity index (χ0) is 16.1. The van der Waals surface area contributed by atoms with E-state index >= 15 is 0 Å². The van der Waals surface area contributed by atoms with Crippen LogP contribution in [-0.2, 0) is 9.59 Å². The zero-order valence-electron chi connectivity index (χ0n) is 13.0. The number of piperidine rings is 1. The van der Waals surface area contributed by atoms with E-state index in [1.807, 2.05) is 25.1 Å². The number of likely N-dealkylation sites (tertiary alicyclic amines) is 1. The van der Waals surface area contributed by atoms with Crippen LogP contribution in [-0.4, -0.2) is 43.0 Å². The highest BCUT2D eigenvalue weighted by Crippen LogP contribution is 2.24. The van der Waals surface area contributed by atoms with Gasteiger partial charge in [-0.25, -0.2) is 0 Å². The molecular weight excluding hydrogens is 282 g/mol. The molecule has 0 spiro atoms. The predicted octanol–water partition coefficient (Wildman–Crippen LogP) is 1.22. The van der Waals surface area contributed by atoms with Crippen LogP contribution in [0.1, 0.15) is 19.8 Å². The minimum atomic E-state index is -0.265. The third-order valence-electron chi connectivity index (χ3n) is 4.22. The van der Waals surface area contributed by atoms with Crippen molar-refractivity contribution in [1.82, 2.24) is 4.90 Å². The molecule has 1 aromatic rings. The third-order valence-corrected chi connectivity index (χ3v) is 4.22. The second kappa shape index (κ2) is 7.26. The van der Waals surface area contributed by atoms with Crippen LogP contribution < -0.4 is 15.8 Å². The van der Waals surface area contributed by atoms with Crippen LogP contribution in [0.2, 0.25) is 0 Å². The minimum Gasteiger partial charge on any atom is -0.495 e. The highest BCUT2D eigenvalue weighted by Gasteiger charge is 2.28. The lowest BCUT2D eigenvalue weighted by Crippen LogP contribution is -2.47. The van der Waals surface area contributed by atoms with Gasteiger partial charge in [-0.15, -0.1) is 0 Å². The summed E-state index contributed by atoms with van der Waals surface area (Å²) in [5.41, 5.74) is 5.99. The van der Waals surface area contributed by atoms with Gasteiger partial charge in [0.05, 0.1) is 18.8 Å². The lowest BCUT2D eigenvalue weighted by Gasteiger charge is -2.34. The molecule has 0 bridgehead atoms. The smallest absolute Gasteiger partial charge is 0.241 e. The first-order chi connectivity index (χ1) is 10.5. The van der Waals surface area contributed by atoms with Gasteiger partial charge in [0.15, 0.2) is 0 Å². The van der Waals surface area contributed by atoms with Crippen molar-refractivity contribution in [3.63, 3.8) is 0 Å². The Morgan fingerprint density at radius 2 is 1.95 bits per heavy atom. The lowest BCUT2D eigenvalue weighted by molar-refractivity contribution is -0.124. The average molecular weight is 305 g/mol. The van der Waals surface area contributed by atoms with E-state index in [4.69, 9.17) is 10.5 Å². The monoisotopic (exact) mass is 305 g/mol. The summed E-state index contributed by atoms with van der Waals surface area (Å²) < 4.78 is 5.23. The molecule has 1 aliphatic rings. The van der Waals surface area contributed by atoms with Crippen molar-refractivity contribution in [3.05, 3.63) is 24.3 Å². The Hall–Kier alpha value is -2.08. The number of methoxy groups -OCH3 is 1. The van der Waals surface area contributed by atoms with E-state index in [2.05, 4.69) is 10.2 Å². The zero-order valence-corrected chi connectivity index (χ0v) is 13.0. The summed E-state index contributed by atoms with van der Waals surface area (Å²) in [6.45, 7) is 3.28. The van der Waals surface area contributed by atoms with Crippen molar-refractivity contribution < 1.29 is 14.3 Å². The maximum absolute atomic E-state index is 12.4. The standard InChI is InChI=1S/C16H23N3O3/c1-11(19-9-7-12(8-10-19)15(17)20)16(21)18-13-5-3-4-6-14(13)22-2/h3-6,11-12H,7-10H2,1-2H3,(H2,17,20)(H,18,21). The van der Waals surface area contributed by atoms with E-state index in [9.17, 15) is 9.59 Å². The molecule has 1 fully saturated rings. The SMILES string of the molecule is COc1ccccc1NC(=O)C(C)N1CCC(C(N)=O)CC1. The number of nitrogens with one attached hydrogen (secondary N) is 1. The molecule has 0 aromatic heterocycles. The van der Waals surface area contributed by atoms with Crippen molar-refractivity contribution in [2.45, 2.75) is 25.8 Å². The number of amides is 2. The van der Waals surface area contributed by atoms with E-state index in [1.165, 1.54) is 0 Å². The Labute approximate surface area is 130 Å². The Morgan fingerprint density at radius 1 is 1.32 bits per heavy atom. The number of anilines is 1. The first-order valence-electron chi connectivity index (χ1n) is 7.50. The number of rotatable bonds is 5. The van der Waals surface area contributed by atoms with Gasteiger partial charge in [-0.1, -0.05) is 12.1 Å². The van der Waals surface area contributed by atoms with Crippen LogP contribution >= 0.6 is 0 Å². The summed E-state index contributed by atoms with van der Waals surface area (Å²) in [5.74, 6) is 0.240. The fourth-order valence-corrected chi connectivity index (χ4v) is 2.72. The molecule has 1 saturated heterocycles. The molecule has 6 heteroatoms. The third kappa shape index (κ3) is 3.76. The van der Waals surface area contributed by atoms with Gasteiger partial charge in [-0.05, 0) is 45.0 Å². The first-order valence-corrected chi connectivity index (χ1v) is 7.50. The fourth-order valence-electron chi connectivity index (χ4n) is 2.72. The van der Waals surface area contributed by atoms with Crippen LogP contribution in [0.25, 0.3) is 0 Å². The number of benzene rings is 1. The number of primary amides is 1. The number of nitrogens with two attached hydrogens (primary N) is 1. The van der Waals surface area contributed by atoms with Gasteiger partial charge in [-0.2, -0.15) is 0 Å². The Bertz CT molecular complexity index is 539. The van der Waals surface area contributed by atoms with Crippen LogP contribution in [0.4, 0.5) is 5.69 Å².